The molecule has 4 heterocycles. The van der Waals surface area contributed by atoms with Crippen molar-refractivity contribution in [2.24, 2.45) is 7.05 Å². The van der Waals surface area contributed by atoms with Crippen molar-refractivity contribution in [2.75, 3.05) is 31.1 Å². The van der Waals surface area contributed by atoms with Crippen LogP contribution in [0.1, 0.15) is 23.3 Å². The number of rotatable bonds is 4. The van der Waals surface area contributed by atoms with Crippen LogP contribution in [0.15, 0.2) is 29.0 Å². The third kappa shape index (κ3) is 3.50. The van der Waals surface area contributed by atoms with Crippen molar-refractivity contribution in [1.82, 2.24) is 35.0 Å². The van der Waals surface area contributed by atoms with Crippen molar-refractivity contribution in [3.8, 4) is 11.4 Å². The average Bonchev–Trinajstić information content (AvgIpc) is 3.37. The Kier molecular flexibility index (Phi) is 4.53. The molecular formula is C17H20N8O2. The summed E-state index contributed by atoms with van der Waals surface area (Å²) in [5, 5.41) is 11.7. The molecule has 0 bridgehead atoms. The van der Waals surface area contributed by atoms with Gasteiger partial charge in [0.05, 0.1) is 6.20 Å². The molecule has 1 aliphatic heterocycles. The van der Waals surface area contributed by atoms with Gasteiger partial charge in [0.15, 0.2) is 5.69 Å². The Hall–Kier alpha value is -3.30. The quantitative estimate of drug-likeness (QED) is 0.665. The van der Waals surface area contributed by atoms with Gasteiger partial charge >= 0.3 is 0 Å². The van der Waals surface area contributed by atoms with E-state index >= 15 is 0 Å². The van der Waals surface area contributed by atoms with Crippen molar-refractivity contribution in [3.63, 3.8) is 0 Å². The average molecular weight is 368 g/mol. The van der Waals surface area contributed by atoms with Gasteiger partial charge in [0.2, 0.25) is 11.7 Å². The Morgan fingerprint density at radius 2 is 2.04 bits per heavy atom. The van der Waals surface area contributed by atoms with Crippen LogP contribution >= 0.6 is 0 Å². The van der Waals surface area contributed by atoms with Crippen LogP contribution in [0.3, 0.4) is 0 Å². The number of carbonyl (C=O) groups excluding carboxylic acids is 1. The third-order valence-electron chi connectivity index (χ3n) is 4.49. The highest BCUT2D eigenvalue weighted by Gasteiger charge is 2.24. The summed E-state index contributed by atoms with van der Waals surface area (Å²) in [6.45, 7) is 4.61. The third-order valence-corrected chi connectivity index (χ3v) is 4.49. The molecule has 27 heavy (non-hydrogen) atoms. The highest BCUT2D eigenvalue weighted by atomic mass is 16.5. The van der Waals surface area contributed by atoms with E-state index in [9.17, 15) is 4.79 Å². The molecule has 0 spiro atoms. The van der Waals surface area contributed by atoms with E-state index in [2.05, 4.69) is 30.3 Å². The van der Waals surface area contributed by atoms with Gasteiger partial charge in [-0.3, -0.25) is 9.48 Å². The Bertz CT molecular complexity index is 925. The zero-order chi connectivity index (χ0) is 18.8. The van der Waals surface area contributed by atoms with Crippen LogP contribution in [0, 0.1) is 0 Å². The Balaban J connectivity index is 1.38. The lowest BCUT2D eigenvalue weighted by atomic mass is 10.2. The smallest absolute Gasteiger partial charge is 0.276 e. The van der Waals surface area contributed by atoms with Crippen molar-refractivity contribution >= 4 is 11.7 Å². The predicted molar refractivity (Wildman–Crippen MR) is 96.0 cm³/mol. The molecule has 1 fully saturated rings. The van der Waals surface area contributed by atoms with Gasteiger partial charge in [0, 0.05) is 51.4 Å². The van der Waals surface area contributed by atoms with E-state index in [-0.39, 0.29) is 5.91 Å². The summed E-state index contributed by atoms with van der Waals surface area (Å²) in [6.07, 6.45) is 4.09. The van der Waals surface area contributed by atoms with Crippen molar-refractivity contribution in [2.45, 2.75) is 13.3 Å². The largest absolute Gasteiger partial charge is 0.353 e. The van der Waals surface area contributed by atoms with Crippen LogP contribution in [-0.2, 0) is 13.5 Å². The molecule has 1 saturated heterocycles. The van der Waals surface area contributed by atoms with E-state index in [1.807, 2.05) is 19.1 Å². The van der Waals surface area contributed by atoms with Crippen LogP contribution in [-0.4, -0.2) is 67.1 Å². The first-order valence-corrected chi connectivity index (χ1v) is 8.83. The molecular weight excluding hydrogens is 348 g/mol. The zero-order valence-electron chi connectivity index (χ0n) is 15.2. The van der Waals surface area contributed by atoms with E-state index in [1.54, 1.807) is 24.3 Å². The molecule has 0 aliphatic carbocycles. The van der Waals surface area contributed by atoms with Crippen LogP contribution in [0.25, 0.3) is 11.4 Å². The molecule has 3 aromatic rings. The number of piperazine rings is 1. The predicted octanol–water partition coefficient (Wildman–Crippen LogP) is 0.785. The summed E-state index contributed by atoms with van der Waals surface area (Å²) in [4.78, 5) is 25.2. The standard InChI is InChI=1S/C17H20N8O2/c1-3-15-19-16(21-27-15)12-4-5-14(18-10-12)24-6-8-25(9-7-24)17(26)13-11-23(2)22-20-13/h4-5,10-11H,3,6-9H2,1-2H3. The van der Waals surface area contributed by atoms with E-state index in [0.29, 0.717) is 50.0 Å². The molecule has 1 amide bonds. The monoisotopic (exact) mass is 368 g/mol. The van der Waals surface area contributed by atoms with Crippen LogP contribution in [0.4, 0.5) is 5.82 Å². The minimum atomic E-state index is -0.0881. The molecule has 0 radical (unpaired) electrons. The zero-order valence-corrected chi connectivity index (χ0v) is 15.2. The number of hydrogen-bond donors (Lipinski definition) is 0. The van der Waals surface area contributed by atoms with E-state index in [4.69, 9.17) is 4.52 Å². The lowest BCUT2D eigenvalue weighted by Crippen LogP contribution is -2.49. The number of nitrogens with zero attached hydrogens (tertiary/aromatic N) is 8. The molecule has 1 aliphatic rings. The van der Waals surface area contributed by atoms with Crippen LogP contribution in [0.2, 0.25) is 0 Å². The summed E-state index contributed by atoms with van der Waals surface area (Å²) in [6, 6.07) is 3.88. The Morgan fingerprint density at radius 3 is 2.63 bits per heavy atom. The second kappa shape index (κ2) is 7.14. The number of anilines is 1. The normalized spacial score (nSPS) is 14.6. The number of carbonyl (C=O) groups is 1. The van der Waals surface area contributed by atoms with Gasteiger partial charge < -0.3 is 14.3 Å². The lowest BCUT2D eigenvalue weighted by molar-refractivity contribution is 0.0740. The second-order valence-electron chi connectivity index (χ2n) is 6.33. The van der Waals surface area contributed by atoms with Crippen molar-refractivity contribution in [1.29, 1.82) is 0 Å². The maximum atomic E-state index is 12.4. The highest BCUT2D eigenvalue weighted by molar-refractivity contribution is 5.92. The highest BCUT2D eigenvalue weighted by Crippen LogP contribution is 2.20. The Labute approximate surface area is 155 Å². The summed E-state index contributed by atoms with van der Waals surface area (Å²) in [7, 11) is 1.74. The number of hydrogen-bond acceptors (Lipinski definition) is 8. The number of aryl methyl sites for hydroxylation is 2. The first-order valence-electron chi connectivity index (χ1n) is 8.83. The summed E-state index contributed by atoms with van der Waals surface area (Å²) < 4.78 is 6.67. The summed E-state index contributed by atoms with van der Waals surface area (Å²) >= 11 is 0. The molecule has 4 rings (SSSR count). The van der Waals surface area contributed by atoms with Gasteiger partial charge in [-0.1, -0.05) is 17.3 Å². The molecule has 10 heteroatoms. The van der Waals surface area contributed by atoms with E-state index in [1.165, 1.54) is 4.68 Å². The van der Waals surface area contributed by atoms with Crippen LogP contribution in [0.5, 0.6) is 0 Å². The fraction of sp³-hybridized carbons (Fsp3) is 0.412. The van der Waals surface area contributed by atoms with Gasteiger partial charge in [-0.25, -0.2) is 4.98 Å². The molecule has 140 valence electrons. The lowest BCUT2D eigenvalue weighted by Gasteiger charge is -2.35. The van der Waals surface area contributed by atoms with Crippen molar-refractivity contribution in [3.05, 3.63) is 36.1 Å². The molecule has 3 aromatic heterocycles. The van der Waals surface area contributed by atoms with E-state index < -0.39 is 0 Å². The molecule has 10 nitrogen and oxygen atoms in total. The topological polar surface area (TPSA) is 106 Å². The van der Waals surface area contributed by atoms with Crippen molar-refractivity contribution < 1.29 is 9.32 Å². The van der Waals surface area contributed by atoms with Gasteiger partial charge in [-0.05, 0) is 12.1 Å². The summed E-state index contributed by atoms with van der Waals surface area (Å²) in [5.74, 6) is 1.93. The molecule has 0 atom stereocenters. The SMILES string of the molecule is CCc1nc(-c2ccc(N3CCN(C(=O)c4cn(C)nn4)CC3)nc2)no1. The fourth-order valence-electron chi connectivity index (χ4n) is 2.97. The first kappa shape index (κ1) is 17.1. The van der Waals surface area contributed by atoms with Gasteiger partial charge in [0.25, 0.3) is 5.91 Å². The number of aromatic nitrogens is 6. The van der Waals surface area contributed by atoms with Gasteiger partial charge in [-0.2, -0.15) is 4.98 Å². The molecule has 0 unspecified atom stereocenters. The maximum absolute atomic E-state index is 12.4. The minimum Gasteiger partial charge on any atom is -0.353 e. The van der Waals surface area contributed by atoms with Gasteiger partial charge in [0.1, 0.15) is 5.82 Å². The second-order valence-corrected chi connectivity index (χ2v) is 6.33. The first-order chi connectivity index (χ1) is 13.1. The molecule has 0 N–H and O–H groups in total. The molecule has 0 aromatic carbocycles. The Morgan fingerprint density at radius 1 is 1.22 bits per heavy atom. The molecule has 0 saturated carbocycles. The fourth-order valence-corrected chi connectivity index (χ4v) is 2.97. The number of pyridine rings is 1. The van der Waals surface area contributed by atoms with E-state index in [0.717, 1.165) is 11.4 Å². The minimum absolute atomic E-state index is 0.0881. The maximum Gasteiger partial charge on any atom is 0.276 e. The van der Waals surface area contributed by atoms with Gasteiger partial charge in [-0.15, -0.1) is 5.10 Å². The van der Waals surface area contributed by atoms with Crippen LogP contribution < -0.4 is 4.90 Å². The summed E-state index contributed by atoms with van der Waals surface area (Å²) in [5.41, 5.74) is 1.19. The number of amides is 1.